The van der Waals surface area contributed by atoms with Crippen molar-refractivity contribution in [1.82, 2.24) is 0 Å². The second-order valence-electron chi connectivity index (χ2n) is 4.99. The number of hydrogen-bond donors (Lipinski definition) is 3. The van der Waals surface area contributed by atoms with Crippen LogP contribution in [0.5, 0.6) is 0 Å². The van der Waals surface area contributed by atoms with Crippen LogP contribution in [0.4, 0.5) is 0 Å². The lowest BCUT2D eigenvalue weighted by Crippen LogP contribution is -2.35. The molecule has 132 valence electrons. The quantitative estimate of drug-likeness (QED) is 0.284. The summed E-state index contributed by atoms with van der Waals surface area (Å²) in [7, 11) is 0. The van der Waals surface area contributed by atoms with E-state index in [4.69, 9.17) is 34.3 Å². The maximum Gasteiger partial charge on any atom is 0.331 e. The molecule has 0 aromatic heterocycles. The fourth-order valence-electron chi connectivity index (χ4n) is 2.31. The topological polar surface area (TPSA) is 149 Å². The summed E-state index contributed by atoms with van der Waals surface area (Å²) >= 11 is 0. The molecule has 0 aliphatic carbocycles. The Kier molecular flexibility index (Phi) is 6.04. The number of carbonyl (C=O) groups is 3. The maximum absolute atomic E-state index is 11.5. The van der Waals surface area contributed by atoms with E-state index < -0.39 is 48.6 Å². The molecule has 2 fully saturated rings. The van der Waals surface area contributed by atoms with Crippen LogP contribution in [0.1, 0.15) is 0 Å². The van der Waals surface area contributed by atoms with Gasteiger partial charge in [0.25, 0.3) is 0 Å². The molecule has 0 aromatic rings. The zero-order valence-corrected chi connectivity index (χ0v) is 12.3. The first-order valence-corrected chi connectivity index (χ1v) is 6.96. The van der Waals surface area contributed by atoms with E-state index >= 15 is 0 Å². The van der Waals surface area contributed by atoms with Gasteiger partial charge in [0.2, 0.25) is 0 Å². The number of aliphatic hydroxyl groups excluding tert-OH is 1. The monoisotopic (exact) mass is 344 g/mol. The highest BCUT2D eigenvalue weighted by Gasteiger charge is 2.50. The van der Waals surface area contributed by atoms with E-state index in [-0.39, 0.29) is 13.2 Å². The Morgan fingerprint density at radius 3 is 1.88 bits per heavy atom. The highest BCUT2D eigenvalue weighted by molar-refractivity contribution is 5.90. The molecule has 0 radical (unpaired) electrons. The first-order valence-electron chi connectivity index (χ1n) is 6.96. The summed E-state index contributed by atoms with van der Waals surface area (Å²) in [5.41, 5.74) is 0. The fourth-order valence-corrected chi connectivity index (χ4v) is 2.31. The van der Waals surface area contributed by atoms with Gasteiger partial charge >= 0.3 is 17.9 Å². The van der Waals surface area contributed by atoms with Gasteiger partial charge in [-0.1, -0.05) is 0 Å². The van der Waals surface area contributed by atoms with E-state index in [0.29, 0.717) is 6.08 Å². The Balaban J connectivity index is 1.86. The summed E-state index contributed by atoms with van der Waals surface area (Å²) in [4.78, 5) is 33.3. The molecular formula is C14H16O10. The van der Waals surface area contributed by atoms with Crippen molar-refractivity contribution < 1.29 is 48.7 Å². The third-order valence-corrected chi connectivity index (χ3v) is 3.26. The minimum atomic E-state index is -1.77. The van der Waals surface area contributed by atoms with Crippen molar-refractivity contribution in [2.24, 2.45) is 0 Å². The summed E-state index contributed by atoms with van der Waals surface area (Å²) in [6.45, 7) is 0.0385. The van der Waals surface area contributed by atoms with Crippen LogP contribution in [0, 0.1) is 0 Å². The van der Waals surface area contributed by atoms with Crippen LogP contribution >= 0.6 is 0 Å². The Labute approximate surface area is 135 Å². The number of esters is 2. The second kappa shape index (κ2) is 8.02. The summed E-state index contributed by atoms with van der Waals surface area (Å²) in [6.07, 6.45) is -1.41. The molecule has 0 bridgehead atoms. The number of carbonyl (C=O) groups excluding carboxylic acids is 2. The van der Waals surface area contributed by atoms with Crippen LogP contribution in [0.3, 0.4) is 0 Å². The number of ether oxygens (including phenoxy) is 4. The van der Waals surface area contributed by atoms with E-state index in [2.05, 4.69) is 0 Å². The van der Waals surface area contributed by atoms with Crippen molar-refractivity contribution in [3.8, 4) is 0 Å². The molecule has 10 heteroatoms. The van der Waals surface area contributed by atoms with E-state index in [9.17, 15) is 14.4 Å². The molecule has 0 spiro atoms. The molecule has 0 aromatic carbocycles. The lowest BCUT2D eigenvalue weighted by Gasteiger charge is -2.16. The number of aliphatic hydroxyl groups is 2. The number of carboxylic acids is 1. The molecule has 0 amide bonds. The first-order chi connectivity index (χ1) is 11.4. The predicted molar refractivity (Wildman–Crippen MR) is 73.4 cm³/mol. The van der Waals surface area contributed by atoms with E-state index in [1.54, 1.807) is 0 Å². The second-order valence-corrected chi connectivity index (χ2v) is 4.99. The Morgan fingerprint density at radius 2 is 1.42 bits per heavy atom. The van der Waals surface area contributed by atoms with Crippen LogP contribution in [0.25, 0.3) is 0 Å². The summed E-state index contributed by atoms with van der Waals surface area (Å²) in [6, 6.07) is 0. The predicted octanol–water partition coefficient (Wildman–Crippen LogP) is -1.88. The van der Waals surface area contributed by atoms with Crippen molar-refractivity contribution in [3.63, 3.8) is 0 Å². The average Bonchev–Trinajstić information content (AvgIpc) is 3.07. The van der Waals surface area contributed by atoms with Crippen LogP contribution in [-0.4, -0.2) is 77.1 Å². The molecule has 2 saturated heterocycles. The van der Waals surface area contributed by atoms with Gasteiger partial charge in [-0.3, -0.25) is 0 Å². The molecular weight excluding hydrogens is 328 g/mol. The smallest absolute Gasteiger partial charge is 0.331 e. The molecule has 2 aliphatic heterocycles. The fraction of sp³-hybridized carbons (Fsp3) is 0.500. The van der Waals surface area contributed by atoms with Crippen molar-refractivity contribution in [2.75, 3.05) is 13.2 Å². The molecule has 4 atom stereocenters. The van der Waals surface area contributed by atoms with Crippen molar-refractivity contribution in [2.45, 2.75) is 30.7 Å². The minimum absolute atomic E-state index is 0.0151. The van der Waals surface area contributed by atoms with E-state index in [1.165, 1.54) is 0 Å². The van der Waals surface area contributed by atoms with Crippen molar-refractivity contribution in [1.29, 1.82) is 0 Å². The zero-order chi connectivity index (χ0) is 17.7. The van der Waals surface area contributed by atoms with Gasteiger partial charge in [0.1, 0.15) is 12.2 Å². The molecule has 10 nitrogen and oxygen atoms in total. The SMILES string of the molecule is O=C(O)C=CC(=O)OC1COC2C(OC(=O)C=CC(O)O)COC12. The maximum atomic E-state index is 11.5. The number of hydrogen-bond acceptors (Lipinski definition) is 9. The Hall–Kier alpha value is -2.27. The van der Waals surface area contributed by atoms with Crippen LogP contribution < -0.4 is 0 Å². The van der Waals surface area contributed by atoms with Crippen molar-refractivity contribution in [3.05, 3.63) is 24.3 Å². The summed E-state index contributed by atoms with van der Waals surface area (Å²) in [5.74, 6) is -2.93. The van der Waals surface area contributed by atoms with E-state index in [1.807, 2.05) is 0 Å². The van der Waals surface area contributed by atoms with Gasteiger partial charge in [0.05, 0.1) is 13.2 Å². The minimum Gasteiger partial charge on any atom is -0.478 e. The van der Waals surface area contributed by atoms with Gasteiger partial charge in [-0.25, -0.2) is 14.4 Å². The standard InChI is InChI=1S/C14H16O10/c15-9(16)1-3-11(19)23-7-5-21-14-8(6-22-13(7)14)24-12(20)4-2-10(17)18/h1-4,7-9,13-16H,5-6H2,(H,17,18). The summed E-state index contributed by atoms with van der Waals surface area (Å²) in [5, 5.41) is 25.7. The van der Waals surface area contributed by atoms with Crippen LogP contribution in [0.2, 0.25) is 0 Å². The van der Waals surface area contributed by atoms with Gasteiger partial charge in [0, 0.05) is 18.2 Å². The van der Waals surface area contributed by atoms with Crippen LogP contribution in [-0.2, 0) is 33.3 Å². The van der Waals surface area contributed by atoms with Gasteiger partial charge in [-0.15, -0.1) is 0 Å². The largest absolute Gasteiger partial charge is 0.478 e. The highest BCUT2D eigenvalue weighted by Crippen LogP contribution is 2.30. The van der Waals surface area contributed by atoms with E-state index in [0.717, 1.165) is 18.2 Å². The third kappa shape index (κ3) is 4.86. The lowest BCUT2D eigenvalue weighted by molar-refractivity contribution is -0.149. The number of carboxylic acid groups (broad SMARTS) is 1. The first kappa shape index (κ1) is 18.1. The summed E-state index contributed by atoms with van der Waals surface area (Å²) < 4.78 is 21.0. The Bertz CT molecular complexity index is 552. The molecule has 4 unspecified atom stereocenters. The lowest BCUT2D eigenvalue weighted by atomic mass is 10.1. The van der Waals surface area contributed by atoms with Crippen molar-refractivity contribution >= 4 is 17.9 Å². The number of aliphatic carboxylic acids is 1. The average molecular weight is 344 g/mol. The van der Waals surface area contributed by atoms with Gasteiger partial charge in [-0.05, 0) is 6.08 Å². The molecule has 0 saturated carbocycles. The number of rotatable bonds is 6. The highest BCUT2D eigenvalue weighted by atomic mass is 16.7. The normalized spacial score (nSPS) is 29.3. The zero-order valence-electron chi connectivity index (χ0n) is 12.3. The molecule has 3 N–H and O–H groups in total. The Morgan fingerprint density at radius 1 is 0.917 bits per heavy atom. The van der Waals surface area contributed by atoms with Crippen LogP contribution in [0.15, 0.2) is 24.3 Å². The molecule has 2 rings (SSSR count). The number of fused-ring (bicyclic) bond motifs is 1. The van der Waals surface area contributed by atoms with Gasteiger partial charge in [0.15, 0.2) is 18.5 Å². The van der Waals surface area contributed by atoms with Gasteiger partial charge < -0.3 is 34.3 Å². The molecule has 24 heavy (non-hydrogen) atoms. The van der Waals surface area contributed by atoms with Gasteiger partial charge in [-0.2, -0.15) is 0 Å². The third-order valence-electron chi connectivity index (χ3n) is 3.26. The molecule has 2 heterocycles. The molecule has 2 aliphatic rings.